The van der Waals surface area contributed by atoms with Gasteiger partial charge >= 0.3 is 17.1 Å². The van der Waals surface area contributed by atoms with Gasteiger partial charge in [0.25, 0.3) is 0 Å². The molecule has 0 aliphatic rings. The molecule has 4 heterocycles. The minimum Gasteiger partial charge on any atom is -0.512 e. The van der Waals surface area contributed by atoms with E-state index in [4.69, 9.17) is 33.4 Å². The molecule has 12 rings (SSSR count). The van der Waals surface area contributed by atoms with E-state index in [0.717, 1.165) is 55.7 Å². The van der Waals surface area contributed by atoms with Crippen molar-refractivity contribution in [3.63, 3.8) is 0 Å². The van der Waals surface area contributed by atoms with Crippen LogP contribution in [-0.2, 0) is 17.1 Å². The maximum absolute atomic E-state index is 9.61. The standard InChI is InChI=1S/C28H17N5.C27H17ClN4.CN.Cu/c29-18-26-30-27(19-10-2-1-3-11-19)32-28(31-26)22-14-6-9-17-25(22)33-23-15-7-4-12-20(23)21-13-5-8-16-24(21)33;28-27-30-25(18-10-2-1-3-11-18)29-26(31-27)21-14-6-9-17-24(21)32-22-15-7-4-12-19(22)20-13-5-8-16-23(20)32;1-2;/h1-17H;1-17H;;/q;;-1;+1. The number of rotatable bonds is 6. The van der Waals surface area contributed by atoms with Crippen molar-refractivity contribution < 1.29 is 17.1 Å². The fourth-order valence-electron chi connectivity index (χ4n) is 8.53. The normalized spacial score (nSPS) is 10.7. The van der Waals surface area contributed by atoms with E-state index in [1.807, 2.05) is 109 Å². The summed E-state index contributed by atoms with van der Waals surface area (Å²) in [6.07, 6.45) is 0. The van der Waals surface area contributed by atoms with E-state index < -0.39 is 0 Å². The molecule has 0 N–H and O–H groups in total. The fourth-order valence-corrected chi connectivity index (χ4v) is 8.69. The van der Waals surface area contributed by atoms with Gasteiger partial charge in [0, 0.05) is 43.8 Å². The molecule has 0 fully saturated rings. The van der Waals surface area contributed by atoms with Crippen LogP contribution in [0.3, 0.4) is 0 Å². The first kappa shape index (κ1) is 44.4. The van der Waals surface area contributed by atoms with Crippen molar-refractivity contribution in [3.8, 4) is 63.0 Å². The van der Waals surface area contributed by atoms with Gasteiger partial charge in [0.05, 0.1) is 33.4 Å². The summed E-state index contributed by atoms with van der Waals surface area (Å²) in [6, 6.07) is 71.3. The Morgan fingerprint density at radius 1 is 0.368 bits per heavy atom. The Kier molecular flexibility index (Phi) is 12.9. The van der Waals surface area contributed by atoms with Crippen molar-refractivity contribution in [1.29, 1.82) is 10.5 Å². The molecule has 68 heavy (non-hydrogen) atoms. The third kappa shape index (κ3) is 8.33. The molecule has 0 saturated carbocycles. The van der Waals surface area contributed by atoms with Crippen molar-refractivity contribution in [2.45, 2.75) is 0 Å². The molecule has 0 saturated heterocycles. The summed E-state index contributed by atoms with van der Waals surface area (Å²) >= 11 is 6.35. The number of aromatic nitrogens is 8. The third-order valence-corrected chi connectivity index (χ3v) is 11.5. The zero-order chi connectivity index (χ0) is 45.7. The van der Waals surface area contributed by atoms with E-state index in [-0.39, 0.29) is 28.2 Å². The molecule has 8 aromatic carbocycles. The Morgan fingerprint density at radius 3 is 1.09 bits per heavy atom. The molecule has 12 aromatic rings. The monoisotopic (exact) mass is 944 g/mol. The molecule has 0 bridgehead atoms. The predicted molar refractivity (Wildman–Crippen MR) is 265 cm³/mol. The van der Waals surface area contributed by atoms with E-state index in [1.54, 1.807) is 0 Å². The molecule has 10 nitrogen and oxygen atoms in total. The number of nitrogens with zero attached hydrogens (tertiary/aromatic N) is 10. The first-order valence-electron chi connectivity index (χ1n) is 21.2. The van der Waals surface area contributed by atoms with Crippen LogP contribution in [-0.4, -0.2) is 39.0 Å². The van der Waals surface area contributed by atoms with Crippen LogP contribution in [0.1, 0.15) is 5.82 Å². The van der Waals surface area contributed by atoms with Crippen LogP contribution in [0.4, 0.5) is 0 Å². The van der Waals surface area contributed by atoms with Gasteiger partial charge in [-0.1, -0.05) is 158 Å². The maximum atomic E-state index is 9.61. The Bertz CT molecular complexity index is 3720. The molecule has 0 spiro atoms. The van der Waals surface area contributed by atoms with Gasteiger partial charge in [-0.2, -0.15) is 25.2 Å². The molecule has 12 heteroatoms. The van der Waals surface area contributed by atoms with Crippen LogP contribution in [0.25, 0.3) is 101 Å². The second kappa shape index (κ2) is 19.7. The molecule has 0 aliphatic heterocycles. The van der Waals surface area contributed by atoms with Crippen LogP contribution in [0.5, 0.6) is 0 Å². The summed E-state index contributed by atoms with van der Waals surface area (Å²) in [6.45, 7) is 4.75. The Morgan fingerprint density at radius 2 is 0.676 bits per heavy atom. The number of hydrogen-bond donors (Lipinski definition) is 0. The zero-order valence-corrected chi connectivity index (χ0v) is 37.5. The summed E-state index contributed by atoms with van der Waals surface area (Å²) in [4.78, 5) is 27.2. The Hall–Kier alpha value is -8.83. The van der Waals surface area contributed by atoms with Gasteiger partial charge < -0.3 is 21.0 Å². The van der Waals surface area contributed by atoms with Gasteiger partial charge in [-0.15, -0.1) is 0 Å². The van der Waals surface area contributed by atoms with Crippen LogP contribution >= 0.6 is 11.6 Å². The third-order valence-electron chi connectivity index (χ3n) is 11.3. The Balaban J connectivity index is 0.000000162. The van der Waals surface area contributed by atoms with Gasteiger partial charge in [-0.05, 0) is 60.1 Å². The van der Waals surface area contributed by atoms with E-state index >= 15 is 0 Å². The predicted octanol–water partition coefficient (Wildman–Crippen LogP) is 13.2. The number of halogens is 1. The number of nitriles is 1. The second-order valence-electron chi connectivity index (χ2n) is 15.2. The first-order chi connectivity index (χ1) is 33.1. The maximum Gasteiger partial charge on any atom is 1.00 e. The molecule has 4 aromatic heterocycles. The van der Waals surface area contributed by atoms with Gasteiger partial charge in [0.2, 0.25) is 11.1 Å². The van der Waals surface area contributed by atoms with E-state index in [2.05, 4.69) is 132 Å². The number of fused-ring (bicyclic) bond motifs is 6. The van der Waals surface area contributed by atoms with Crippen molar-refractivity contribution in [3.05, 3.63) is 224 Å². The van der Waals surface area contributed by atoms with Crippen LogP contribution < -0.4 is 0 Å². The van der Waals surface area contributed by atoms with Gasteiger partial charge in [0.15, 0.2) is 23.3 Å². The smallest absolute Gasteiger partial charge is 0.512 e. The Labute approximate surface area is 406 Å². The van der Waals surface area contributed by atoms with Crippen molar-refractivity contribution in [2.75, 3.05) is 0 Å². The van der Waals surface area contributed by atoms with Gasteiger partial charge in [-0.25, -0.2) is 9.97 Å². The molecule has 0 amide bonds. The summed E-state index contributed by atoms with van der Waals surface area (Å²) in [7, 11) is 0. The summed E-state index contributed by atoms with van der Waals surface area (Å²) in [5.74, 6) is 2.14. The van der Waals surface area contributed by atoms with E-state index in [9.17, 15) is 5.26 Å². The second-order valence-corrected chi connectivity index (χ2v) is 15.5. The zero-order valence-electron chi connectivity index (χ0n) is 35.8. The van der Waals surface area contributed by atoms with Gasteiger partial charge in [0.1, 0.15) is 6.07 Å². The van der Waals surface area contributed by atoms with Crippen LogP contribution in [0.15, 0.2) is 206 Å². The molecular formula is C56H34ClCuN10. The molecule has 0 aliphatic carbocycles. The molecule has 326 valence electrons. The van der Waals surface area contributed by atoms with E-state index in [1.165, 1.54) is 21.5 Å². The topological polar surface area (TPSA) is 135 Å². The van der Waals surface area contributed by atoms with Crippen LogP contribution in [0, 0.1) is 23.2 Å². The van der Waals surface area contributed by atoms with Crippen molar-refractivity contribution in [1.82, 2.24) is 39.0 Å². The van der Waals surface area contributed by atoms with Crippen molar-refractivity contribution in [2.24, 2.45) is 0 Å². The van der Waals surface area contributed by atoms with E-state index in [0.29, 0.717) is 23.3 Å². The number of hydrogen-bond acceptors (Lipinski definition) is 8. The van der Waals surface area contributed by atoms with Gasteiger partial charge in [-0.3, -0.25) is 0 Å². The summed E-state index contributed by atoms with van der Waals surface area (Å²) in [5.41, 5.74) is 9.86. The average Bonchev–Trinajstić information content (AvgIpc) is 3.92. The summed E-state index contributed by atoms with van der Waals surface area (Å²) < 4.78 is 4.50. The molecule has 0 radical (unpaired) electrons. The SMILES string of the molecule is Clc1nc(-c2ccccc2)nc(-c2ccccc2-n2c3ccccc3c3ccccc32)n1.N#Cc1nc(-c2ccccc2)nc(-c2ccccc2-n2c3ccccc3c3ccccc32)n1.[C-]#N.[Cu+]. The quantitative estimate of drug-likeness (QED) is 0.119. The number of benzene rings is 8. The minimum absolute atomic E-state index is 0. The fraction of sp³-hybridized carbons (Fsp3) is 0. The summed E-state index contributed by atoms with van der Waals surface area (Å²) in [5, 5.41) is 20.8. The molecular weight excluding hydrogens is 912 g/mol. The van der Waals surface area contributed by atoms with Crippen LogP contribution in [0.2, 0.25) is 5.28 Å². The first-order valence-corrected chi connectivity index (χ1v) is 21.6. The minimum atomic E-state index is 0. The average molecular weight is 946 g/mol. The number of para-hydroxylation sites is 6. The van der Waals surface area contributed by atoms with Crippen molar-refractivity contribution >= 4 is 55.2 Å². The molecule has 0 unspecified atom stereocenters. The molecule has 0 atom stereocenters. The largest absolute Gasteiger partial charge is 1.00 e.